The average molecular weight is 249 g/mol. The largest absolute Gasteiger partial charge is 0.345 e. The van der Waals surface area contributed by atoms with Crippen LogP contribution in [0, 0.1) is 0 Å². The Bertz CT molecular complexity index is 211. The number of thiazole rings is 1. The highest BCUT2D eigenvalue weighted by atomic mass is 79.9. The van der Waals surface area contributed by atoms with Gasteiger partial charge in [0.15, 0.2) is 5.13 Å². The zero-order valence-electron chi connectivity index (χ0n) is 7.33. The third kappa shape index (κ3) is 2.45. The Kier molecular flexibility index (Phi) is 4.01. The van der Waals surface area contributed by atoms with Crippen molar-refractivity contribution in [2.75, 3.05) is 16.8 Å². The molecule has 0 amide bonds. The highest BCUT2D eigenvalue weighted by Crippen LogP contribution is 2.19. The molecule has 0 N–H and O–H groups in total. The number of nitrogens with zero attached hydrogens (tertiary/aromatic N) is 2. The van der Waals surface area contributed by atoms with E-state index < -0.39 is 0 Å². The van der Waals surface area contributed by atoms with Crippen LogP contribution in [0.3, 0.4) is 0 Å². The van der Waals surface area contributed by atoms with Gasteiger partial charge in [0.2, 0.25) is 0 Å². The van der Waals surface area contributed by atoms with Gasteiger partial charge in [-0.1, -0.05) is 15.9 Å². The van der Waals surface area contributed by atoms with Gasteiger partial charge in [-0.2, -0.15) is 0 Å². The van der Waals surface area contributed by atoms with E-state index in [0.29, 0.717) is 6.04 Å². The van der Waals surface area contributed by atoms with Crippen LogP contribution in [-0.4, -0.2) is 22.9 Å². The Hall–Kier alpha value is -0.0900. The Balaban J connectivity index is 2.66. The maximum atomic E-state index is 4.28. The lowest BCUT2D eigenvalue weighted by Crippen LogP contribution is -2.32. The Morgan fingerprint density at radius 2 is 2.42 bits per heavy atom. The third-order valence-corrected chi connectivity index (χ3v) is 2.78. The Morgan fingerprint density at radius 1 is 1.67 bits per heavy atom. The molecule has 0 radical (unpaired) electrons. The number of hydrogen-bond donors (Lipinski definition) is 0. The standard InChI is InChI=1S/C8H13BrN2S/c1-7(2)11(5-3-9)8-10-4-6-12-8/h4,6-7H,3,5H2,1-2H3. The Labute approximate surface area is 85.7 Å². The van der Waals surface area contributed by atoms with Gasteiger partial charge in [0.1, 0.15) is 0 Å². The molecule has 0 atom stereocenters. The number of halogens is 1. The second-order valence-corrected chi connectivity index (χ2v) is 4.46. The van der Waals surface area contributed by atoms with E-state index in [1.807, 2.05) is 11.6 Å². The van der Waals surface area contributed by atoms with Crippen LogP contribution >= 0.6 is 27.3 Å². The maximum absolute atomic E-state index is 4.28. The van der Waals surface area contributed by atoms with Crippen LogP contribution in [0.4, 0.5) is 5.13 Å². The maximum Gasteiger partial charge on any atom is 0.185 e. The monoisotopic (exact) mass is 248 g/mol. The van der Waals surface area contributed by atoms with Crippen LogP contribution in [0.15, 0.2) is 11.6 Å². The molecule has 0 aliphatic carbocycles. The summed E-state index contributed by atoms with van der Waals surface area (Å²) in [7, 11) is 0. The predicted molar refractivity (Wildman–Crippen MR) is 58.4 cm³/mol. The van der Waals surface area contributed by atoms with Crippen molar-refractivity contribution in [1.82, 2.24) is 4.98 Å². The first-order valence-electron chi connectivity index (χ1n) is 3.97. The SMILES string of the molecule is CC(C)N(CCBr)c1nccs1. The second kappa shape index (κ2) is 4.82. The number of hydrogen-bond acceptors (Lipinski definition) is 3. The van der Waals surface area contributed by atoms with E-state index in [0.717, 1.165) is 17.0 Å². The van der Waals surface area contributed by atoms with Crippen molar-refractivity contribution in [3.8, 4) is 0 Å². The lowest BCUT2D eigenvalue weighted by atomic mass is 10.3. The quantitative estimate of drug-likeness (QED) is 0.763. The van der Waals surface area contributed by atoms with Gasteiger partial charge >= 0.3 is 0 Å². The fourth-order valence-electron chi connectivity index (χ4n) is 1.02. The van der Waals surface area contributed by atoms with Crippen molar-refractivity contribution in [1.29, 1.82) is 0 Å². The molecule has 1 aromatic heterocycles. The van der Waals surface area contributed by atoms with E-state index >= 15 is 0 Å². The summed E-state index contributed by atoms with van der Waals surface area (Å²) in [6, 6.07) is 0.522. The molecule has 4 heteroatoms. The minimum atomic E-state index is 0.522. The van der Waals surface area contributed by atoms with Gasteiger partial charge in [-0.15, -0.1) is 11.3 Å². The van der Waals surface area contributed by atoms with Gasteiger partial charge in [-0.05, 0) is 13.8 Å². The van der Waals surface area contributed by atoms with E-state index in [1.165, 1.54) is 0 Å². The van der Waals surface area contributed by atoms with Crippen LogP contribution in [0.1, 0.15) is 13.8 Å². The lowest BCUT2D eigenvalue weighted by molar-refractivity contribution is 0.705. The van der Waals surface area contributed by atoms with E-state index in [4.69, 9.17) is 0 Å². The predicted octanol–water partition coefficient (Wildman–Crippen LogP) is 2.75. The van der Waals surface area contributed by atoms with Gasteiger partial charge in [0.25, 0.3) is 0 Å². The molecule has 1 rings (SSSR count). The molecule has 0 bridgehead atoms. The molecule has 0 aliphatic heterocycles. The highest BCUT2D eigenvalue weighted by molar-refractivity contribution is 9.09. The van der Waals surface area contributed by atoms with Crippen molar-refractivity contribution in [3.05, 3.63) is 11.6 Å². The molecule has 0 fully saturated rings. The fraction of sp³-hybridized carbons (Fsp3) is 0.625. The average Bonchev–Trinajstić information content (AvgIpc) is 2.51. The Morgan fingerprint density at radius 3 is 2.83 bits per heavy atom. The smallest absolute Gasteiger partial charge is 0.185 e. The second-order valence-electron chi connectivity index (χ2n) is 2.79. The first kappa shape index (κ1) is 9.99. The van der Waals surface area contributed by atoms with Crippen LogP contribution in [0.5, 0.6) is 0 Å². The molecule has 0 aromatic carbocycles. The number of anilines is 1. The van der Waals surface area contributed by atoms with Crippen LogP contribution in [-0.2, 0) is 0 Å². The van der Waals surface area contributed by atoms with E-state index in [2.05, 4.69) is 39.7 Å². The molecule has 0 spiro atoms. The molecule has 68 valence electrons. The summed E-state index contributed by atoms with van der Waals surface area (Å²) in [5.74, 6) is 0. The summed E-state index contributed by atoms with van der Waals surface area (Å²) < 4.78 is 0. The summed E-state index contributed by atoms with van der Waals surface area (Å²) >= 11 is 5.13. The lowest BCUT2D eigenvalue weighted by Gasteiger charge is -2.24. The summed E-state index contributed by atoms with van der Waals surface area (Å²) in [6.45, 7) is 5.39. The van der Waals surface area contributed by atoms with Crippen molar-refractivity contribution in [2.45, 2.75) is 19.9 Å². The van der Waals surface area contributed by atoms with Gasteiger partial charge in [0.05, 0.1) is 0 Å². The summed E-state index contributed by atoms with van der Waals surface area (Å²) in [5, 5.41) is 4.12. The minimum absolute atomic E-state index is 0.522. The van der Waals surface area contributed by atoms with Crippen LogP contribution in [0.25, 0.3) is 0 Å². The first-order valence-corrected chi connectivity index (χ1v) is 5.98. The van der Waals surface area contributed by atoms with Crippen molar-refractivity contribution in [3.63, 3.8) is 0 Å². The topological polar surface area (TPSA) is 16.1 Å². The molecule has 1 heterocycles. The first-order chi connectivity index (χ1) is 5.75. The molecular weight excluding hydrogens is 236 g/mol. The number of aromatic nitrogens is 1. The highest BCUT2D eigenvalue weighted by Gasteiger charge is 2.10. The fourth-order valence-corrected chi connectivity index (χ4v) is 2.21. The molecular formula is C8H13BrN2S. The molecule has 0 unspecified atom stereocenters. The van der Waals surface area contributed by atoms with Crippen LogP contribution in [0.2, 0.25) is 0 Å². The van der Waals surface area contributed by atoms with E-state index in [9.17, 15) is 0 Å². The van der Waals surface area contributed by atoms with E-state index in [-0.39, 0.29) is 0 Å². The number of alkyl halides is 1. The van der Waals surface area contributed by atoms with Gasteiger partial charge in [0, 0.05) is 29.5 Å². The zero-order valence-corrected chi connectivity index (χ0v) is 9.73. The van der Waals surface area contributed by atoms with Crippen LogP contribution < -0.4 is 4.90 Å². The molecule has 0 saturated carbocycles. The number of rotatable bonds is 4. The molecule has 0 aliphatic rings. The summed E-state index contributed by atoms with van der Waals surface area (Å²) in [6.07, 6.45) is 1.85. The van der Waals surface area contributed by atoms with Crippen molar-refractivity contribution >= 4 is 32.4 Å². The third-order valence-electron chi connectivity index (χ3n) is 1.61. The van der Waals surface area contributed by atoms with Gasteiger partial charge in [-0.3, -0.25) is 0 Å². The summed E-state index contributed by atoms with van der Waals surface area (Å²) in [4.78, 5) is 6.57. The minimum Gasteiger partial charge on any atom is -0.345 e. The molecule has 2 nitrogen and oxygen atoms in total. The molecule has 0 saturated heterocycles. The van der Waals surface area contributed by atoms with Crippen molar-refractivity contribution < 1.29 is 0 Å². The van der Waals surface area contributed by atoms with Gasteiger partial charge < -0.3 is 4.90 Å². The zero-order chi connectivity index (χ0) is 8.97. The van der Waals surface area contributed by atoms with Crippen molar-refractivity contribution in [2.24, 2.45) is 0 Å². The molecule has 12 heavy (non-hydrogen) atoms. The van der Waals surface area contributed by atoms with Gasteiger partial charge in [-0.25, -0.2) is 4.98 Å². The normalized spacial score (nSPS) is 10.7. The summed E-state index contributed by atoms with van der Waals surface area (Å²) in [5.41, 5.74) is 0. The molecule has 1 aromatic rings. The van der Waals surface area contributed by atoms with E-state index in [1.54, 1.807) is 11.3 Å².